The number of phenols is 1. The Kier molecular flexibility index (Phi) is 8.00. The summed E-state index contributed by atoms with van der Waals surface area (Å²) in [6.45, 7) is 3.56. The number of aliphatic carboxylic acids is 1. The summed E-state index contributed by atoms with van der Waals surface area (Å²) in [5.41, 5.74) is 2.51. The van der Waals surface area contributed by atoms with Crippen molar-refractivity contribution in [2.24, 2.45) is 0 Å². The molecule has 35 heavy (non-hydrogen) atoms. The Morgan fingerprint density at radius 2 is 1.83 bits per heavy atom. The number of allylic oxidation sites excluding steroid dienone is 2. The average molecular weight is 496 g/mol. The zero-order valence-corrected chi connectivity index (χ0v) is 19.4. The van der Waals surface area contributed by atoms with E-state index in [9.17, 15) is 34.8 Å². The number of ether oxygens (including phenoxy) is 4. The lowest BCUT2D eigenvalue weighted by atomic mass is 9.94. The Labute approximate surface area is 200 Å². The van der Waals surface area contributed by atoms with Gasteiger partial charge < -0.3 is 44.5 Å². The van der Waals surface area contributed by atoms with Gasteiger partial charge in [0, 0.05) is 17.5 Å². The van der Waals surface area contributed by atoms with Crippen LogP contribution in [0.4, 0.5) is 0 Å². The summed E-state index contributed by atoms with van der Waals surface area (Å²) in [4.78, 5) is 35.4. The molecule has 0 aromatic heterocycles. The SMILES string of the molecule is COc1c(C)c2c(c(O)c1C/C=C(\C)CCC(=O)O[C@@H]1O[C@@H](C(=O)O)[C@@H](O)[C@@H](O)[C@H]1O)C(=O)OC2. The number of aromatic hydroxyl groups is 1. The maximum Gasteiger partial charge on any atom is 0.342 e. The highest BCUT2D eigenvalue weighted by Crippen LogP contribution is 2.42. The largest absolute Gasteiger partial charge is 0.507 e. The van der Waals surface area contributed by atoms with Crippen LogP contribution in [0.2, 0.25) is 0 Å². The van der Waals surface area contributed by atoms with Crippen LogP contribution in [-0.4, -0.2) is 81.3 Å². The van der Waals surface area contributed by atoms with Crippen molar-refractivity contribution in [2.75, 3.05) is 7.11 Å². The van der Waals surface area contributed by atoms with Crippen LogP contribution in [0.1, 0.15) is 46.8 Å². The second-order valence-electron chi connectivity index (χ2n) is 8.39. The third kappa shape index (κ3) is 5.25. The van der Waals surface area contributed by atoms with Gasteiger partial charge in [0.05, 0.1) is 7.11 Å². The Hall–Kier alpha value is -3.19. The van der Waals surface area contributed by atoms with Gasteiger partial charge in [0.15, 0.2) is 6.10 Å². The maximum absolute atomic E-state index is 12.2. The summed E-state index contributed by atoms with van der Waals surface area (Å²) in [7, 11) is 1.45. The Morgan fingerprint density at radius 1 is 1.14 bits per heavy atom. The first-order valence-electron chi connectivity index (χ1n) is 10.8. The lowest BCUT2D eigenvalue weighted by Crippen LogP contribution is -2.60. The van der Waals surface area contributed by atoms with Gasteiger partial charge in [0.1, 0.15) is 42.0 Å². The van der Waals surface area contributed by atoms with E-state index in [0.717, 1.165) is 5.57 Å². The molecule has 1 aromatic rings. The number of phenolic OH excluding ortho intramolecular Hbond substituents is 1. The van der Waals surface area contributed by atoms with Crippen LogP contribution >= 0.6 is 0 Å². The van der Waals surface area contributed by atoms with Crippen molar-refractivity contribution in [3.8, 4) is 11.5 Å². The van der Waals surface area contributed by atoms with Gasteiger partial charge >= 0.3 is 17.9 Å². The third-order valence-electron chi connectivity index (χ3n) is 6.09. The van der Waals surface area contributed by atoms with Crippen molar-refractivity contribution in [2.45, 2.75) is 70.4 Å². The number of aliphatic hydroxyl groups excluding tert-OH is 3. The van der Waals surface area contributed by atoms with Gasteiger partial charge in [0.2, 0.25) is 6.29 Å². The summed E-state index contributed by atoms with van der Waals surface area (Å²) in [6, 6.07) is 0. The van der Waals surface area contributed by atoms with Gasteiger partial charge in [-0.3, -0.25) is 4.79 Å². The lowest BCUT2D eigenvalue weighted by Gasteiger charge is -2.37. The van der Waals surface area contributed by atoms with E-state index in [1.807, 2.05) is 0 Å². The van der Waals surface area contributed by atoms with Gasteiger partial charge in [-0.2, -0.15) is 0 Å². The van der Waals surface area contributed by atoms with Crippen LogP contribution in [0.5, 0.6) is 11.5 Å². The number of methoxy groups -OCH3 is 1. The number of fused-ring (bicyclic) bond motifs is 1. The van der Waals surface area contributed by atoms with E-state index < -0.39 is 48.6 Å². The van der Waals surface area contributed by atoms with E-state index >= 15 is 0 Å². The number of cyclic esters (lactones) is 1. The molecule has 5 atom stereocenters. The molecule has 0 unspecified atom stereocenters. The minimum Gasteiger partial charge on any atom is -0.507 e. The van der Waals surface area contributed by atoms with Crippen LogP contribution < -0.4 is 4.74 Å². The summed E-state index contributed by atoms with van der Waals surface area (Å²) < 4.78 is 20.3. The van der Waals surface area contributed by atoms with Gasteiger partial charge in [0.25, 0.3) is 0 Å². The van der Waals surface area contributed by atoms with E-state index in [1.54, 1.807) is 19.9 Å². The van der Waals surface area contributed by atoms with Crippen LogP contribution in [0.25, 0.3) is 0 Å². The van der Waals surface area contributed by atoms with Crippen molar-refractivity contribution in [1.82, 2.24) is 0 Å². The molecule has 2 aliphatic rings. The number of carboxylic acids is 1. The number of carbonyl (C=O) groups is 3. The van der Waals surface area contributed by atoms with Crippen molar-refractivity contribution < 1.29 is 58.9 Å². The molecule has 1 saturated heterocycles. The Morgan fingerprint density at radius 3 is 2.46 bits per heavy atom. The topological polar surface area (TPSA) is 189 Å². The number of aliphatic hydroxyl groups is 3. The minimum atomic E-state index is -1.89. The molecule has 0 radical (unpaired) electrons. The second kappa shape index (κ2) is 10.6. The predicted octanol–water partition coefficient (Wildman–Crippen LogP) is 0.0840. The van der Waals surface area contributed by atoms with Crippen molar-refractivity contribution >= 4 is 17.9 Å². The Bertz CT molecular complexity index is 1050. The van der Waals surface area contributed by atoms with E-state index in [0.29, 0.717) is 22.4 Å². The molecular formula is C23H28O12. The van der Waals surface area contributed by atoms with E-state index in [-0.39, 0.29) is 37.2 Å². The monoisotopic (exact) mass is 496 g/mol. The highest BCUT2D eigenvalue weighted by atomic mass is 16.7. The van der Waals surface area contributed by atoms with Crippen LogP contribution in [0.3, 0.4) is 0 Å². The van der Waals surface area contributed by atoms with Gasteiger partial charge in [-0.15, -0.1) is 0 Å². The third-order valence-corrected chi connectivity index (χ3v) is 6.09. The van der Waals surface area contributed by atoms with E-state index in [2.05, 4.69) is 0 Å². The zero-order chi connectivity index (χ0) is 26.0. The molecular weight excluding hydrogens is 468 g/mol. The van der Waals surface area contributed by atoms with E-state index in [4.69, 9.17) is 24.1 Å². The van der Waals surface area contributed by atoms with Crippen LogP contribution in [0, 0.1) is 6.92 Å². The fourth-order valence-corrected chi connectivity index (χ4v) is 4.04. The molecule has 12 nitrogen and oxygen atoms in total. The highest BCUT2D eigenvalue weighted by Gasteiger charge is 2.48. The molecule has 0 spiro atoms. The van der Waals surface area contributed by atoms with Crippen molar-refractivity contribution in [3.63, 3.8) is 0 Å². The molecule has 3 rings (SSSR count). The van der Waals surface area contributed by atoms with Gasteiger partial charge in [-0.1, -0.05) is 11.6 Å². The molecule has 12 heteroatoms. The average Bonchev–Trinajstić information content (AvgIpc) is 3.21. The summed E-state index contributed by atoms with van der Waals surface area (Å²) >= 11 is 0. The van der Waals surface area contributed by atoms with Crippen molar-refractivity contribution in [1.29, 1.82) is 0 Å². The maximum atomic E-state index is 12.2. The second-order valence-corrected chi connectivity index (χ2v) is 8.39. The lowest BCUT2D eigenvalue weighted by molar-refractivity contribution is -0.286. The fourth-order valence-electron chi connectivity index (χ4n) is 4.04. The highest BCUT2D eigenvalue weighted by molar-refractivity contribution is 5.98. The molecule has 2 heterocycles. The number of esters is 2. The molecule has 192 valence electrons. The molecule has 1 aromatic carbocycles. The zero-order valence-electron chi connectivity index (χ0n) is 19.4. The molecule has 0 aliphatic carbocycles. The van der Waals surface area contributed by atoms with Crippen LogP contribution in [-0.2, 0) is 36.8 Å². The van der Waals surface area contributed by atoms with Crippen LogP contribution in [0.15, 0.2) is 11.6 Å². The molecule has 5 N–H and O–H groups in total. The number of carboxylic acid groups (broad SMARTS) is 1. The molecule has 0 bridgehead atoms. The number of hydrogen-bond donors (Lipinski definition) is 5. The molecule has 1 fully saturated rings. The van der Waals surface area contributed by atoms with Crippen molar-refractivity contribution in [3.05, 3.63) is 33.9 Å². The molecule has 0 amide bonds. The normalized spacial score (nSPS) is 26.2. The fraction of sp³-hybridized carbons (Fsp3) is 0.522. The number of rotatable bonds is 8. The molecule has 0 saturated carbocycles. The molecule has 2 aliphatic heterocycles. The summed E-state index contributed by atoms with van der Waals surface area (Å²) in [5, 5.41) is 49.1. The Balaban J connectivity index is 1.63. The summed E-state index contributed by atoms with van der Waals surface area (Å²) in [6.07, 6.45) is -7.23. The quantitative estimate of drug-likeness (QED) is 0.241. The first-order valence-corrected chi connectivity index (χ1v) is 10.8. The predicted molar refractivity (Wildman–Crippen MR) is 116 cm³/mol. The van der Waals surface area contributed by atoms with Gasteiger partial charge in [-0.05, 0) is 32.3 Å². The standard InChI is InChI=1S/C23H28O12/c1-9(4-6-11-15(25)14-12(8-33-22(14)31)10(2)19(11)32-3)5-7-13(24)34-23-18(28)16(26)17(27)20(35-23)21(29)30/h4,16-18,20,23,25-28H,5-8H2,1-3H3,(H,29,30)/b9-4+/t16-,17+,18-,20-,23-/m1/s1. The number of hydrogen-bond acceptors (Lipinski definition) is 11. The van der Waals surface area contributed by atoms with Gasteiger partial charge in [-0.25, -0.2) is 9.59 Å². The first-order chi connectivity index (χ1) is 16.5. The number of benzene rings is 1. The summed E-state index contributed by atoms with van der Waals surface area (Å²) in [5.74, 6) is -2.81. The smallest absolute Gasteiger partial charge is 0.342 e. The van der Waals surface area contributed by atoms with E-state index in [1.165, 1.54) is 7.11 Å². The minimum absolute atomic E-state index is 0.0593. The first kappa shape index (κ1) is 26.4. The number of carbonyl (C=O) groups excluding carboxylic acids is 2.